The van der Waals surface area contributed by atoms with E-state index in [9.17, 15) is 8.78 Å². The van der Waals surface area contributed by atoms with E-state index in [0.29, 0.717) is 43.8 Å². The van der Waals surface area contributed by atoms with E-state index in [1.165, 1.54) is 0 Å². The van der Waals surface area contributed by atoms with Gasteiger partial charge in [0.2, 0.25) is 0 Å². The molecule has 0 saturated carbocycles. The smallest absolute Gasteiger partial charge is 0.272 e. The van der Waals surface area contributed by atoms with Crippen molar-refractivity contribution in [2.24, 2.45) is 4.99 Å². The Balaban J connectivity index is 1.67. The first-order valence-electron chi connectivity index (χ1n) is 9.59. The van der Waals surface area contributed by atoms with E-state index >= 15 is 0 Å². The van der Waals surface area contributed by atoms with Gasteiger partial charge in [0.15, 0.2) is 17.5 Å². The second-order valence-electron chi connectivity index (χ2n) is 6.38. The van der Waals surface area contributed by atoms with Gasteiger partial charge in [-0.05, 0) is 36.8 Å². The molecule has 2 aromatic carbocycles. The fourth-order valence-electron chi connectivity index (χ4n) is 2.75. The molecule has 0 fully saturated rings. The van der Waals surface area contributed by atoms with Crippen LogP contribution in [0.1, 0.15) is 18.9 Å². The summed E-state index contributed by atoms with van der Waals surface area (Å²) in [6.45, 7) is 3.67. The Hall–Kier alpha value is -3.03. The highest BCUT2D eigenvalue weighted by molar-refractivity contribution is 5.93. The monoisotopic (exact) mass is 405 g/mol. The maximum atomic E-state index is 12.3. The van der Waals surface area contributed by atoms with Crippen molar-refractivity contribution >= 4 is 11.6 Å². The van der Waals surface area contributed by atoms with Crippen molar-refractivity contribution in [2.45, 2.75) is 26.3 Å². The molecule has 29 heavy (non-hydrogen) atoms. The van der Waals surface area contributed by atoms with Crippen LogP contribution in [-0.4, -0.2) is 38.8 Å². The highest BCUT2D eigenvalue weighted by Crippen LogP contribution is 2.32. The van der Waals surface area contributed by atoms with Crippen LogP contribution in [0.25, 0.3) is 0 Å². The molecule has 1 aliphatic rings. The number of hydrogen-bond donors (Lipinski definition) is 2. The second-order valence-corrected chi connectivity index (χ2v) is 6.38. The van der Waals surface area contributed by atoms with Crippen LogP contribution >= 0.6 is 0 Å². The standard InChI is InChI=1S/C21H25F2N3O3/c1-2-24-21(25-13-15-5-3-6-17(11-15)29-14-20(22)23)26-16-7-8-18-19(12-16)28-10-4-9-27-18/h3,5-8,11-12,20H,2,4,9-10,13-14H2,1H3,(H2,24,25,26). The number of alkyl halides is 2. The number of halogens is 2. The zero-order valence-corrected chi connectivity index (χ0v) is 16.3. The van der Waals surface area contributed by atoms with Crippen molar-refractivity contribution in [3.05, 3.63) is 48.0 Å². The van der Waals surface area contributed by atoms with Crippen LogP contribution in [0, 0.1) is 0 Å². The van der Waals surface area contributed by atoms with E-state index in [0.717, 1.165) is 23.4 Å². The lowest BCUT2D eigenvalue weighted by Gasteiger charge is -2.14. The minimum absolute atomic E-state index is 0.367. The van der Waals surface area contributed by atoms with Crippen LogP contribution in [0.4, 0.5) is 14.5 Å². The molecule has 1 aliphatic heterocycles. The molecule has 2 N–H and O–H groups in total. The number of fused-ring (bicyclic) bond motifs is 1. The molecule has 0 unspecified atom stereocenters. The number of benzene rings is 2. The van der Waals surface area contributed by atoms with Gasteiger partial charge in [-0.25, -0.2) is 13.8 Å². The fraction of sp³-hybridized carbons (Fsp3) is 0.381. The first kappa shape index (κ1) is 20.7. The van der Waals surface area contributed by atoms with E-state index in [1.54, 1.807) is 18.2 Å². The molecular formula is C21H25F2N3O3. The average molecular weight is 405 g/mol. The van der Waals surface area contributed by atoms with Gasteiger partial charge in [-0.1, -0.05) is 12.1 Å². The van der Waals surface area contributed by atoms with E-state index in [1.807, 2.05) is 31.2 Å². The van der Waals surface area contributed by atoms with Crippen molar-refractivity contribution in [1.29, 1.82) is 0 Å². The van der Waals surface area contributed by atoms with Crippen LogP contribution in [0.2, 0.25) is 0 Å². The molecule has 0 aliphatic carbocycles. The molecule has 0 amide bonds. The topological polar surface area (TPSA) is 64.1 Å². The summed E-state index contributed by atoms with van der Waals surface area (Å²) in [7, 11) is 0. The number of guanidine groups is 1. The molecular weight excluding hydrogens is 380 g/mol. The predicted octanol–water partition coefficient (Wildman–Crippen LogP) is 4.07. The lowest BCUT2D eigenvalue weighted by atomic mass is 10.2. The van der Waals surface area contributed by atoms with Crippen LogP contribution < -0.4 is 24.8 Å². The van der Waals surface area contributed by atoms with Gasteiger partial charge >= 0.3 is 0 Å². The zero-order valence-electron chi connectivity index (χ0n) is 16.3. The van der Waals surface area contributed by atoms with Gasteiger partial charge in [0.05, 0.1) is 19.8 Å². The molecule has 6 nitrogen and oxygen atoms in total. The van der Waals surface area contributed by atoms with E-state index in [2.05, 4.69) is 15.6 Å². The number of aliphatic imine (C=N–C) groups is 1. The summed E-state index contributed by atoms with van der Waals surface area (Å²) in [6.07, 6.45) is -1.65. The normalized spacial score (nSPS) is 13.7. The summed E-state index contributed by atoms with van der Waals surface area (Å²) < 4.78 is 41.1. The van der Waals surface area contributed by atoms with E-state index < -0.39 is 13.0 Å². The first-order valence-corrected chi connectivity index (χ1v) is 9.59. The molecule has 8 heteroatoms. The average Bonchev–Trinajstić information content (AvgIpc) is 2.96. The summed E-state index contributed by atoms with van der Waals surface area (Å²) in [5.41, 5.74) is 1.68. The number of ether oxygens (including phenoxy) is 3. The maximum Gasteiger partial charge on any atom is 0.272 e. The molecule has 156 valence electrons. The number of anilines is 1. The molecule has 3 rings (SSSR count). The van der Waals surface area contributed by atoms with Crippen LogP contribution in [0.3, 0.4) is 0 Å². The number of hydrogen-bond acceptors (Lipinski definition) is 4. The summed E-state index contributed by atoms with van der Waals surface area (Å²) in [5, 5.41) is 6.43. The highest BCUT2D eigenvalue weighted by atomic mass is 19.3. The molecule has 0 aromatic heterocycles. The third kappa shape index (κ3) is 6.51. The van der Waals surface area contributed by atoms with Crippen LogP contribution in [0.15, 0.2) is 47.5 Å². The molecule has 1 heterocycles. The fourth-order valence-corrected chi connectivity index (χ4v) is 2.75. The lowest BCUT2D eigenvalue weighted by molar-refractivity contribution is 0.0818. The Morgan fingerprint density at radius 1 is 1.14 bits per heavy atom. The largest absolute Gasteiger partial charge is 0.490 e. The van der Waals surface area contributed by atoms with Crippen molar-refractivity contribution in [2.75, 3.05) is 31.7 Å². The quantitative estimate of drug-likeness (QED) is 0.537. The first-order chi connectivity index (χ1) is 14.1. The van der Waals surface area contributed by atoms with E-state index in [-0.39, 0.29) is 0 Å². The summed E-state index contributed by atoms with van der Waals surface area (Å²) in [5.74, 6) is 2.43. The van der Waals surface area contributed by atoms with Gasteiger partial charge in [0.1, 0.15) is 12.4 Å². The van der Waals surface area contributed by atoms with Crippen molar-refractivity contribution in [3.8, 4) is 17.2 Å². The SMILES string of the molecule is CCNC(=NCc1cccc(OCC(F)F)c1)Nc1ccc2c(c1)OCCCO2. The molecule has 2 aromatic rings. The van der Waals surface area contributed by atoms with Gasteiger partial charge in [-0.2, -0.15) is 0 Å². The lowest BCUT2D eigenvalue weighted by Crippen LogP contribution is -2.30. The molecule has 0 radical (unpaired) electrons. The number of nitrogens with zero attached hydrogens (tertiary/aromatic N) is 1. The van der Waals surface area contributed by atoms with Crippen molar-refractivity contribution in [1.82, 2.24) is 5.32 Å². The Morgan fingerprint density at radius 3 is 2.76 bits per heavy atom. The number of rotatable bonds is 7. The van der Waals surface area contributed by atoms with Gasteiger partial charge in [0, 0.05) is 24.7 Å². The molecule has 0 saturated heterocycles. The van der Waals surface area contributed by atoms with Crippen LogP contribution in [0.5, 0.6) is 17.2 Å². The molecule has 0 atom stereocenters. The van der Waals surface area contributed by atoms with Crippen molar-refractivity contribution < 1.29 is 23.0 Å². The Kier molecular flexibility index (Phi) is 7.49. The third-order valence-corrected chi connectivity index (χ3v) is 4.05. The number of nitrogens with one attached hydrogen (secondary N) is 2. The second kappa shape index (κ2) is 10.5. The van der Waals surface area contributed by atoms with Crippen molar-refractivity contribution in [3.63, 3.8) is 0 Å². The highest BCUT2D eigenvalue weighted by Gasteiger charge is 2.11. The van der Waals surface area contributed by atoms with Gasteiger partial charge in [-0.15, -0.1) is 0 Å². The van der Waals surface area contributed by atoms with Gasteiger partial charge < -0.3 is 24.8 Å². The maximum absolute atomic E-state index is 12.3. The van der Waals surface area contributed by atoms with E-state index in [4.69, 9.17) is 14.2 Å². The Morgan fingerprint density at radius 2 is 1.97 bits per heavy atom. The third-order valence-electron chi connectivity index (χ3n) is 4.05. The summed E-state index contributed by atoms with van der Waals surface area (Å²) in [4.78, 5) is 4.56. The Labute approximate surface area is 168 Å². The van der Waals surface area contributed by atoms with Crippen LogP contribution in [-0.2, 0) is 6.54 Å². The zero-order chi connectivity index (χ0) is 20.5. The van der Waals surface area contributed by atoms with Gasteiger partial charge in [0.25, 0.3) is 6.43 Å². The minimum Gasteiger partial charge on any atom is -0.490 e. The predicted molar refractivity (Wildman–Crippen MR) is 108 cm³/mol. The molecule has 0 spiro atoms. The van der Waals surface area contributed by atoms with Gasteiger partial charge in [-0.3, -0.25) is 0 Å². The summed E-state index contributed by atoms with van der Waals surface area (Å²) in [6, 6.07) is 12.6. The minimum atomic E-state index is -2.50. The summed E-state index contributed by atoms with van der Waals surface area (Å²) >= 11 is 0. The Bertz CT molecular complexity index is 831. The molecule has 0 bridgehead atoms.